The fourth-order valence-electron chi connectivity index (χ4n) is 3.46. The molecule has 1 aromatic carbocycles. The molecule has 0 spiro atoms. The van der Waals surface area contributed by atoms with E-state index in [1.165, 1.54) is 32.1 Å². The molecule has 3 rings (SSSR count). The Bertz CT molecular complexity index is 578. The molecule has 1 aliphatic carbocycles. The molecule has 1 aliphatic rings. The second-order valence-corrected chi connectivity index (χ2v) is 6.26. The van der Waals surface area contributed by atoms with Crippen LogP contribution >= 0.6 is 0 Å². The highest BCUT2D eigenvalue weighted by atomic mass is 16.5. The highest BCUT2D eigenvalue weighted by Gasteiger charge is 2.23. The molecule has 0 amide bonds. The van der Waals surface area contributed by atoms with Crippen LogP contribution in [-0.2, 0) is 11.3 Å². The predicted molar refractivity (Wildman–Crippen MR) is 90.4 cm³/mol. The van der Waals surface area contributed by atoms with Gasteiger partial charge in [-0.3, -0.25) is 4.57 Å². The third-order valence-corrected chi connectivity index (χ3v) is 4.76. The van der Waals surface area contributed by atoms with Crippen molar-refractivity contribution in [2.24, 2.45) is 5.92 Å². The molecule has 0 saturated heterocycles. The summed E-state index contributed by atoms with van der Waals surface area (Å²) in [6, 6.07) is 10.2. The number of methoxy groups -OCH3 is 1. The zero-order valence-corrected chi connectivity index (χ0v) is 13.8. The van der Waals surface area contributed by atoms with Gasteiger partial charge in [-0.1, -0.05) is 37.5 Å². The van der Waals surface area contributed by atoms with Crippen molar-refractivity contribution in [3.8, 4) is 5.69 Å². The minimum absolute atomic E-state index is 0.295. The van der Waals surface area contributed by atoms with E-state index in [0.29, 0.717) is 18.6 Å². The van der Waals surface area contributed by atoms with E-state index < -0.39 is 0 Å². The summed E-state index contributed by atoms with van der Waals surface area (Å²) in [7, 11) is 1.83. The Morgan fingerprint density at radius 3 is 2.74 bits per heavy atom. The average molecular weight is 314 g/mol. The van der Waals surface area contributed by atoms with Gasteiger partial charge in [-0.15, -0.1) is 10.2 Å². The van der Waals surface area contributed by atoms with Gasteiger partial charge >= 0.3 is 0 Å². The third-order valence-electron chi connectivity index (χ3n) is 4.76. The van der Waals surface area contributed by atoms with Crippen molar-refractivity contribution in [1.29, 1.82) is 0 Å². The lowest BCUT2D eigenvalue weighted by molar-refractivity contribution is 0.0365. The Hall–Kier alpha value is -1.72. The van der Waals surface area contributed by atoms with Crippen LogP contribution in [0.2, 0.25) is 0 Å². The van der Waals surface area contributed by atoms with Crippen molar-refractivity contribution in [3.05, 3.63) is 42.5 Å². The SMILES string of the molecule is COC(CNCc1nncn1-c1ccccc1)C1CCCCC1. The van der Waals surface area contributed by atoms with E-state index in [0.717, 1.165) is 18.1 Å². The highest BCUT2D eigenvalue weighted by molar-refractivity contribution is 5.31. The summed E-state index contributed by atoms with van der Waals surface area (Å²) in [4.78, 5) is 0. The van der Waals surface area contributed by atoms with E-state index in [-0.39, 0.29) is 0 Å². The van der Waals surface area contributed by atoms with Crippen LogP contribution in [-0.4, -0.2) is 34.5 Å². The Morgan fingerprint density at radius 1 is 1.22 bits per heavy atom. The summed E-state index contributed by atoms with van der Waals surface area (Å²) < 4.78 is 7.74. The summed E-state index contributed by atoms with van der Waals surface area (Å²) in [5.74, 6) is 1.61. The van der Waals surface area contributed by atoms with Gasteiger partial charge in [0.15, 0.2) is 5.82 Å². The molecule has 124 valence electrons. The number of aromatic nitrogens is 3. The van der Waals surface area contributed by atoms with Crippen molar-refractivity contribution in [3.63, 3.8) is 0 Å². The molecule has 1 saturated carbocycles. The molecule has 1 atom stereocenters. The lowest BCUT2D eigenvalue weighted by Crippen LogP contribution is -2.35. The first-order valence-corrected chi connectivity index (χ1v) is 8.56. The molecule has 1 fully saturated rings. The van der Waals surface area contributed by atoms with Gasteiger partial charge in [-0.25, -0.2) is 0 Å². The Balaban J connectivity index is 1.55. The number of rotatable bonds is 7. The zero-order valence-electron chi connectivity index (χ0n) is 13.8. The normalized spacial score (nSPS) is 17.3. The number of ether oxygens (including phenoxy) is 1. The first kappa shape index (κ1) is 16.1. The maximum Gasteiger partial charge on any atom is 0.151 e. The smallest absolute Gasteiger partial charge is 0.151 e. The van der Waals surface area contributed by atoms with Gasteiger partial charge in [-0.2, -0.15) is 0 Å². The van der Waals surface area contributed by atoms with Gasteiger partial charge in [0, 0.05) is 19.3 Å². The molecule has 1 N–H and O–H groups in total. The van der Waals surface area contributed by atoms with E-state index in [1.54, 1.807) is 6.33 Å². The average Bonchev–Trinajstić information content (AvgIpc) is 3.09. The van der Waals surface area contributed by atoms with Crippen molar-refractivity contribution in [2.45, 2.75) is 44.8 Å². The van der Waals surface area contributed by atoms with Crippen molar-refractivity contribution >= 4 is 0 Å². The molecule has 1 heterocycles. The van der Waals surface area contributed by atoms with E-state index in [4.69, 9.17) is 4.74 Å². The number of nitrogens with zero attached hydrogens (tertiary/aromatic N) is 3. The number of benzene rings is 1. The fourth-order valence-corrected chi connectivity index (χ4v) is 3.46. The zero-order chi connectivity index (χ0) is 15.9. The van der Waals surface area contributed by atoms with E-state index in [1.807, 2.05) is 29.9 Å². The van der Waals surface area contributed by atoms with Crippen LogP contribution in [0.5, 0.6) is 0 Å². The fraction of sp³-hybridized carbons (Fsp3) is 0.556. The van der Waals surface area contributed by atoms with Gasteiger partial charge < -0.3 is 10.1 Å². The molecular formula is C18H26N4O. The van der Waals surface area contributed by atoms with Gasteiger partial charge in [0.05, 0.1) is 12.6 Å². The lowest BCUT2D eigenvalue weighted by Gasteiger charge is -2.29. The Labute approximate surface area is 138 Å². The molecule has 0 bridgehead atoms. The summed E-state index contributed by atoms with van der Waals surface area (Å²) >= 11 is 0. The third kappa shape index (κ3) is 4.18. The second kappa shape index (κ2) is 8.22. The minimum atomic E-state index is 0.295. The lowest BCUT2D eigenvalue weighted by atomic mass is 9.85. The highest BCUT2D eigenvalue weighted by Crippen LogP contribution is 2.27. The summed E-state index contributed by atoms with van der Waals surface area (Å²) in [6.45, 7) is 1.56. The predicted octanol–water partition coefficient (Wildman–Crippen LogP) is 2.95. The van der Waals surface area contributed by atoms with Crippen LogP contribution in [0.15, 0.2) is 36.7 Å². The van der Waals surface area contributed by atoms with Crippen molar-refractivity contribution in [2.75, 3.05) is 13.7 Å². The maximum absolute atomic E-state index is 5.72. The van der Waals surface area contributed by atoms with Crippen LogP contribution in [0.3, 0.4) is 0 Å². The first-order valence-electron chi connectivity index (χ1n) is 8.56. The summed E-state index contributed by atoms with van der Waals surface area (Å²) in [5, 5.41) is 11.8. The van der Waals surface area contributed by atoms with Gasteiger partial charge in [0.2, 0.25) is 0 Å². The largest absolute Gasteiger partial charge is 0.380 e. The van der Waals surface area contributed by atoms with Crippen LogP contribution in [0, 0.1) is 5.92 Å². The monoisotopic (exact) mass is 314 g/mol. The van der Waals surface area contributed by atoms with Crippen molar-refractivity contribution < 1.29 is 4.74 Å². The molecule has 0 radical (unpaired) electrons. The van der Waals surface area contributed by atoms with Crippen LogP contribution in [0.4, 0.5) is 0 Å². The number of hydrogen-bond donors (Lipinski definition) is 1. The molecule has 5 nitrogen and oxygen atoms in total. The maximum atomic E-state index is 5.72. The van der Waals surface area contributed by atoms with Gasteiger partial charge in [0.1, 0.15) is 6.33 Å². The molecule has 0 aliphatic heterocycles. The van der Waals surface area contributed by atoms with E-state index in [2.05, 4.69) is 27.6 Å². The van der Waals surface area contributed by atoms with Crippen LogP contribution < -0.4 is 5.32 Å². The molecule has 1 aromatic heterocycles. The van der Waals surface area contributed by atoms with Crippen LogP contribution in [0.25, 0.3) is 5.69 Å². The molecule has 2 aromatic rings. The number of nitrogens with one attached hydrogen (secondary N) is 1. The summed E-state index contributed by atoms with van der Waals surface area (Å²) in [6.07, 6.45) is 8.70. The van der Waals surface area contributed by atoms with E-state index in [9.17, 15) is 0 Å². The molecule has 1 unspecified atom stereocenters. The van der Waals surface area contributed by atoms with Crippen LogP contribution in [0.1, 0.15) is 37.9 Å². The molecule has 5 heteroatoms. The van der Waals surface area contributed by atoms with Gasteiger partial charge in [0.25, 0.3) is 0 Å². The molecular weight excluding hydrogens is 288 g/mol. The second-order valence-electron chi connectivity index (χ2n) is 6.26. The minimum Gasteiger partial charge on any atom is -0.380 e. The van der Waals surface area contributed by atoms with E-state index >= 15 is 0 Å². The topological polar surface area (TPSA) is 52.0 Å². The Kier molecular flexibility index (Phi) is 5.77. The van der Waals surface area contributed by atoms with Gasteiger partial charge in [-0.05, 0) is 30.9 Å². The standard InChI is InChI=1S/C18H26N4O/c1-23-17(15-8-4-2-5-9-15)12-19-13-18-21-20-14-22(18)16-10-6-3-7-11-16/h3,6-7,10-11,14-15,17,19H,2,4-5,8-9,12-13H2,1H3. The van der Waals surface area contributed by atoms with Crippen molar-refractivity contribution in [1.82, 2.24) is 20.1 Å². The number of hydrogen-bond acceptors (Lipinski definition) is 4. The Morgan fingerprint density at radius 2 is 2.00 bits per heavy atom. The summed E-state index contributed by atoms with van der Waals surface area (Å²) in [5.41, 5.74) is 1.09. The first-order chi connectivity index (χ1) is 11.4. The molecule has 23 heavy (non-hydrogen) atoms. The quantitative estimate of drug-likeness (QED) is 0.853. The number of para-hydroxylation sites is 1.